The number of nitrogens with zero attached hydrogens (tertiary/aromatic N) is 1. The highest BCUT2D eigenvalue weighted by Gasteiger charge is 2.30. The van der Waals surface area contributed by atoms with Gasteiger partial charge in [0.25, 0.3) is 0 Å². The van der Waals surface area contributed by atoms with Crippen LogP contribution in [0, 0.1) is 0 Å². The molecule has 22 heavy (non-hydrogen) atoms. The fraction of sp³-hybridized carbons (Fsp3) is 0.611. The fourth-order valence-electron chi connectivity index (χ4n) is 2.63. The molecule has 1 aliphatic heterocycles. The van der Waals surface area contributed by atoms with E-state index in [4.69, 9.17) is 9.47 Å². The van der Waals surface area contributed by atoms with Crippen LogP contribution in [0.4, 0.5) is 4.79 Å². The number of ether oxygens (including phenoxy) is 2. The molecule has 1 unspecified atom stereocenters. The van der Waals surface area contributed by atoms with Crippen molar-refractivity contribution in [2.24, 2.45) is 0 Å². The first-order valence-electron chi connectivity index (χ1n) is 8.37. The van der Waals surface area contributed by atoms with Gasteiger partial charge < -0.3 is 14.4 Å². The van der Waals surface area contributed by atoms with Gasteiger partial charge in [0, 0.05) is 6.54 Å². The van der Waals surface area contributed by atoms with Crippen LogP contribution in [0.25, 0.3) is 0 Å². The third kappa shape index (κ3) is 5.68. The summed E-state index contributed by atoms with van der Waals surface area (Å²) in [5.41, 5.74) is 1.14. The molecular formula is C18H27NO3. The van der Waals surface area contributed by atoms with E-state index in [2.05, 4.69) is 6.92 Å². The predicted molar refractivity (Wildman–Crippen MR) is 86.7 cm³/mol. The normalized spacial score (nSPS) is 17.8. The summed E-state index contributed by atoms with van der Waals surface area (Å²) in [5.74, 6) is 0. The second-order valence-electron chi connectivity index (χ2n) is 5.87. The molecule has 0 spiro atoms. The summed E-state index contributed by atoms with van der Waals surface area (Å²) < 4.78 is 11.0. The summed E-state index contributed by atoms with van der Waals surface area (Å²) in [5, 5.41) is 0. The first-order valence-corrected chi connectivity index (χ1v) is 8.37. The van der Waals surface area contributed by atoms with Crippen molar-refractivity contribution in [3.63, 3.8) is 0 Å². The Hall–Kier alpha value is -1.55. The molecule has 0 saturated carbocycles. The Bertz CT molecular complexity index is 435. The van der Waals surface area contributed by atoms with Crippen molar-refractivity contribution >= 4 is 6.09 Å². The molecule has 1 aromatic rings. The lowest BCUT2D eigenvalue weighted by molar-refractivity contribution is 0.0381. The molecule has 122 valence electrons. The van der Waals surface area contributed by atoms with Crippen molar-refractivity contribution in [2.45, 2.75) is 51.7 Å². The molecule has 0 bridgehead atoms. The number of rotatable bonds is 10. The third-order valence-electron chi connectivity index (χ3n) is 3.90. The Kier molecular flexibility index (Phi) is 7.23. The van der Waals surface area contributed by atoms with Crippen LogP contribution in [0.15, 0.2) is 30.3 Å². The van der Waals surface area contributed by atoms with E-state index in [9.17, 15) is 4.79 Å². The summed E-state index contributed by atoms with van der Waals surface area (Å²) >= 11 is 0. The molecule has 1 heterocycles. The van der Waals surface area contributed by atoms with Crippen LogP contribution in [0.3, 0.4) is 0 Å². The highest BCUT2D eigenvalue weighted by Crippen LogP contribution is 2.14. The van der Waals surface area contributed by atoms with Crippen LogP contribution < -0.4 is 0 Å². The van der Waals surface area contributed by atoms with Crippen molar-refractivity contribution in [3.8, 4) is 0 Å². The maximum Gasteiger partial charge on any atom is 0.410 e. The largest absolute Gasteiger partial charge is 0.442 e. The summed E-state index contributed by atoms with van der Waals surface area (Å²) in [7, 11) is 0. The molecule has 1 fully saturated rings. The molecule has 1 aromatic carbocycles. The lowest BCUT2D eigenvalue weighted by atomic mass is 10.1. The number of hydrogen-bond acceptors (Lipinski definition) is 3. The van der Waals surface area contributed by atoms with Crippen molar-refractivity contribution in [3.05, 3.63) is 35.9 Å². The average molecular weight is 305 g/mol. The van der Waals surface area contributed by atoms with E-state index in [-0.39, 0.29) is 12.2 Å². The Morgan fingerprint density at radius 2 is 1.95 bits per heavy atom. The molecule has 1 saturated heterocycles. The minimum absolute atomic E-state index is 0.133. The van der Waals surface area contributed by atoms with E-state index in [0.29, 0.717) is 19.8 Å². The zero-order valence-electron chi connectivity index (χ0n) is 13.5. The number of benzene rings is 1. The summed E-state index contributed by atoms with van der Waals surface area (Å²) in [6.07, 6.45) is 5.70. The van der Waals surface area contributed by atoms with Crippen molar-refractivity contribution in [1.82, 2.24) is 4.90 Å². The second-order valence-corrected chi connectivity index (χ2v) is 5.87. The molecular weight excluding hydrogens is 278 g/mol. The van der Waals surface area contributed by atoms with Gasteiger partial charge in [0.15, 0.2) is 0 Å². The van der Waals surface area contributed by atoms with Crippen LogP contribution in [-0.4, -0.2) is 36.8 Å². The van der Waals surface area contributed by atoms with E-state index >= 15 is 0 Å². The van der Waals surface area contributed by atoms with Crippen molar-refractivity contribution in [1.29, 1.82) is 0 Å². The lowest BCUT2D eigenvalue weighted by Gasteiger charge is -2.12. The zero-order valence-corrected chi connectivity index (χ0v) is 13.5. The minimum Gasteiger partial charge on any atom is -0.442 e. The summed E-state index contributed by atoms with van der Waals surface area (Å²) in [4.78, 5) is 13.6. The summed E-state index contributed by atoms with van der Waals surface area (Å²) in [6, 6.07) is 10.0. The van der Waals surface area contributed by atoms with Crippen LogP contribution in [0.5, 0.6) is 0 Å². The lowest BCUT2D eigenvalue weighted by Crippen LogP contribution is -2.27. The fourth-order valence-corrected chi connectivity index (χ4v) is 2.63. The zero-order chi connectivity index (χ0) is 15.6. The van der Waals surface area contributed by atoms with Gasteiger partial charge in [-0.3, -0.25) is 0 Å². The SMILES string of the molecule is CCCCCCCN1CC(COCc2ccccc2)OC1=O. The number of carbonyl (C=O) groups excluding carboxylic acids is 1. The summed E-state index contributed by atoms with van der Waals surface area (Å²) in [6.45, 7) is 4.69. The monoisotopic (exact) mass is 305 g/mol. The van der Waals surface area contributed by atoms with E-state index in [1.54, 1.807) is 0 Å². The Morgan fingerprint density at radius 3 is 2.73 bits per heavy atom. The predicted octanol–water partition coefficient (Wildman–Crippen LogP) is 3.99. The Balaban J connectivity index is 1.60. The van der Waals surface area contributed by atoms with Gasteiger partial charge in [-0.1, -0.05) is 62.9 Å². The molecule has 4 heteroatoms. The van der Waals surface area contributed by atoms with E-state index < -0.39 is 0 Å². The third-order valence-corrected chi connectivity index (χ3v) is 3.90. The number of carbonyl (C=O) groups is 1. The Labute approximate surface area is 133 Å². The van der Waals surface area contributed by atoms with Crippen LogP contribution >= 0.6 is 0 Å². The highest BCUT2D eigenvalue weighted by molar-refractivity contribution is 5.69. The van der Waals surface area contributed by atoms with E-state index in [1.165, 1.54) is 25.7 Å². The van der Waals surface area contributed by atoms with Crippen molar-refractivity contribution < 1.29 is 14.3 Å². The first-order chi connectivity index (χ1) is 10.8. The van der Waals surface area contributed by atoms with Gasteiger partial charge in [0.2, 0.25) is 0 Å². The van der Waals surface area contributed by atoms with Crippen LogP contribution in [-0.2, 0) is 16.1 Å². The molecule has 1 atom stereocenters. The Morgan fingerprint density at radius 1 is 1.18 bits per heavy atom. The quantitative estimate of drug-likeness (QED) is 0.613. The smallest absolute Gasteiger partial charge is 0.410 e. The van der Waals surface area contributed by atoms with Gasteiger partial charge in [0.05, 0.1) is 19.8 Å². The van der Waals surface area contributed by atoms with E-state index in [1.807, 2.05) is 35.2 Å². The maximum absolute atomic E-state index is 11.8. The van der Waals surface area contributed by atoms with Gasteiger partial charge in [0.1, 0.15) is 6.10 Å². The minimum atomic E-state index is -0.191. The molecule has 4 nitrogen and oxygen atoms in total. The number of hydrogen-bond donors (Lipinski definition) is 0. The van der Waals surface area contributed by atoms with Gasteiger partial charge in [-0.15, -0.1) is 0 Å². The van der Waals surface area contributed by atoms with Gasteiger partial charge in [-0.25, -0.2) is 4.79 Å². The molecule has 1 aliphatic rings. The molecule has 0 aromatic heterocycles. The highest BCUT2D eigenvalue weighted by atomic mass is 16.6. The molecule has 0 aliphatic carbocycles. The second kappa shape index (κ2) is 9.46. The van der Waals surface area contributed by atoms with Crippen LogP contribution in [0.1, 0.15) is 44.6 Å². The number of amides is 1. The van der Waals surface area contributed by atoms with Crippen molar-refractivity contribution in [2.75, 3.05) is 19.7 Å². The standard InChI is InChI=1S/C18H27NO3/c1-2-3-4-5-9-12-19-13-17(22-18(19)20)15-21-14-16-10-7-6-8-11-16/h6-8,10-11,17H,2-5,9,12-15H2,1H3. The van der Waals surface area contributed by atoms with Crippen LogP contribution in [0.2, 0.25) is 0 Å². The first kappa shape index (κ1) is 16.8. The average Bonchev–Trinajstić information content (AvgIpc) is 2.88. The molecule has 0 N–H and O–H groups in total. The van der Waals surface area contributed by atoms with Gasteiger partial charge in [-0.2, -0.15) is 0 Å². The number of unbranched alkanes of at least 4 members (excludes halogenated alkanes) is 4. The molecule has 0 radical (unpaired) electrons. The van der Waals surface area contributed by atoms with Gasteiger partial charge in [-0.05, 0) is 12.0 Å². The van der Waals surface area contributed by atoms with E-state index in [0.717, 1.165) is 18.5 Å². The van der Waals surface area contributed by atoms with Gasteiger partial charge >= 0.3 is 6.09 Å². The number of cyclic esters (lactones) is 1. The topological polar surface area (TPSA) is 38.8 Å². The molecule has 1 amide bonds. The molecule has 2 rings (SSSR count). The maximum atomic E-state index is 11.8.